The van der Waals surface area contributed by atoms with E-state index in [4.69, 9.17) is 10.8 Å². The SMILES string of the molecule is NCC(C(=O)O)c1ccns1. The molecule has 11 heavy (non-hydrogen) atoms. The number of hydrogen-bond donors (Lipinski definition) is 2. The van der Waals surface area contributed by atoms with Crippen LogP contribution in [0.1, 0.15) is 10.8 Å². The molecule has 0 saturated heterocycles. The van der Waals surface area contributed by atoms with Crippen LogP contribution in [0, 0.1) is 0 Å². The first-order valence-corrected chi connectivity index (χ1v) is 3.86. The van der Waals surface area contributed by atoms with Crippen LogP contribution >= 0.6 is 11.5 Å². The minimum absolute atomic E-state index is 0.123. The summed E-state index contributed by atoms with van der Waals surface area (Å²) in [6.45, 7) is 0.123. The number of carboxylic acids is 1. The Bertz CT molecular complexity index is 235. The second-order valence-corrected chi connectivity index (χ2v) is 2.91. The van der Waals surface area contributed by atoms with Crippen LogP contribution in [0.15, 0.2) is 12.3 Å². The van der Waals surface area contributed by atoms with Gasteiger partial charge in [-0.3, -0.25) is 4.79 Å². The lowest BCUT2D eigenvalue weighted by Crippen LogP contribution is -2.19. The summed E-state index contributed by atoms with van der Waals surface area (Å²) in [5, 5.41) is 8.64. The van der Waals surface area contributed by atoms with Gasteiger partial charge in [-0.1, -0.05) is 0 Å². The van der Waals surface area contributed by atoms with Crippen molar-refractivity contribution in [3.05, 3.63) is 17.1 Å². The fourth-order valence-electron chi connectivity index (χ4n) is 0.744. The van der Waals surface area contributed by atoms with Crippen molar-refractivity contribution >= 4 is 17.5 Å². The third-order valence-electron chi connectivity index (χ3n) is 1.34. The molecule has 3 N–H and O–H groups in total. The highest BCUT2D eigenvalue weighted by Gasteiger charge is 2.18. The highest BCUT2D eigenvalue weighted by Crippen LogP contribution is 2.17. The van der Waals surface area contributed by atoms with Gasteiger partial charge in [-0.2, -0.15) is 0 Å². The molecule has 0 fully saturated rings. The fourth-order valence-corrected chi connectivity index (χ4v) is 1.43. The maximum absolute atomic E-state index is 10.5. The van der Waals surface area contributed by atoms with E-state index >= 15 is 0 Å². The van der Waals surface area contributed by atoms with Crippen molar-refractivity contribution in [3.63, 3.8) is 0 Å². The standard InChI is InChI=1S/C6H8N2O2S/c7-3-4(6(9)10)5-1-2-8-11-5/h1-2,4H,3,7H2,(H,9,10). The molecule has 0 aromatic carbocycles. The zero-order chi connectivity index (χ0) is 8.27. The number of aromatic nitrogens is 1. The zero-order valence-electron chi connectivity index (χ0n) is 5.73. The van der Waals surface area contributed by atoms with Crippen LogP contribution in [0.2, 0.25) is 0 Å². The fraction of sp³-hybridized carbons (Fsp3) is 0.333. The maximum Gasteiger partial charge on any atom is 0.313 e. The Morgan fingerprint density at radius 1 is 1.91 bits per heavy atom. The first kappa shape index (κ1) is 8.16. The molecule has 1 atom stereocenters. The minimum atomic E-state index is -0.892. The topological polar surface area (TPSA) is 76.2 Å². The summed E-state index contributed by atoms with van der Waals surface area (Å²) in [6, 6.07) is 1.68. The van der Waals surface area contributed by atoms with E-state index in [1.165, 1.54) is 11.5 Å². The van der Waals surface area contributed by atoms with Crippen LogP contribution in [0.4, 0.5) is 0 Å². The first-order valence-electron chi connectivity index (χ1n) is 3.09. The Balaban J connectivity index is 2.79. The van der Waals surface area contributed by atoms with Crippen LogP contribution in [0.25, 0.3) is 0 Å². The van der Waals surface area contributed by atoms with E-state index in [0.717, 1.165) is 0 Å². The molecular weight excluding hydrogens is 164 g/mol. The van der Waals surface area contributed by atoms with Crippen LogP contribution in [0.3, 0.4) is 0 Å². The summed E-state index contributed by atoms with van der Waals surface area (Å²) in [6.07, 6.45) is 1.58. The van der Waals surface area contributed by atoms with Gasteiger partial charge in [0.1, 0.15) is 5.92 Å². The molecule has 60 valence electrons. The summed E-state index contributed by atoms with van der Waals surface area (Å²) in [7, 11) is 0. The minimum Gasteiger partial charge on any atom is -0.481 e. The Hall–Kier alpha value is -0.940. The lowest BCUT2D eigenvalue weighted by atomic mass is 10.1. The van der Waals surface area contributed by atoms with Gasteiger partial charge in [-0.15, -0.1) is 0 Å². The molecule has 0 aliphatic carbocycles. The lowest BCUT2D eigenvalue weighted by Gasteiger charge is -2.04. The van der Waals surface area contributed by atoms with Crippen LogP contribution in [-0.4, -0.2) is 22.0 Å². The largest absolute Gasteiger partial charge is 0.481 e. The highest BCUT2D eigenvalue weighted by atomic mass is 32.1. The summed E-state index contributed by atoms with van der Waals surface area (Å²) < 4.78 is 3.80. The Kier molecular flexibility index (Phi) is 2.56. The Morgan fingerprint density at radius 2 is 2.64 bits per heavy atom. The summed E-state index contributed by atoms with van der Waals surface area (Å²) in [4.78, 5) is 11.2. The van der Waals surface area contributed by atoms with Gasteiger partial charge < -0.3 is 10.8 Å². The van der Waals surface area contributed by atoms with Gasteiger partial charge in [0.2, 0.25) is 0 Å². The van der Waals surface area contributed by atoms with Gasteiger partial charge in [-0.25, -0.2) is 4.37 Å². The second-order valence-electron chi connectivity index (χ2n) is 2.04. The van der Waals surface area contributed by atoms with Gasteiger partial charge in [0.05, 0.1) is 0 Å². The van der Waals surface area contributed by atoms with Crippen molar-refractivity contribution in [2.75, 3.05) is 6.54 Å². The van der Waals surface area contributed by atoms with Gasteiger partial charge in [0.25, 0.3) is 0 Å². The molecule has 1 heterocycles. The van der Waals surface area contributed by atoms with E-state index in [9.17, 15) is 4.79 Å². The van der Waals surface area contributed by atoms with E-state index in [2.05, 4.69) is 4.37 Å². The Labute approximate surface area is 67.8 Å². The first-order chi connectivity index (χ1) is 5.25. The molecule has 1 aromatic rings. The molecule has 5 heteroatoms. The zero-order valence-corrected chi connectivity index (χ0v) is 6.54. The molecule has 0 amide bonds. The molecule has 4 nitrogen and oxygen atoms in total. The van der Waals surface area contributed by atoms with Gasteiger partial charge in [0.15, 0.2) is 0 Å². The van der Waals surface area contributed by atoms with Crippen molar-refractivity contribution in [2.45, 2.75) is 5.92 Å². The van der Waals surface area contributed by atoms with E-state index in [-0.39, 0.29) is 6.54 Å². The van der Waals surface area contributed by atoms with Crippen LogP contribution in [0.5, 0.6) is 0 Å². The molecule has 1 aromatic heterocycles. The number of nitrogens with zero attached hydrogens (tertiary/aromatic N) is 1. The quantitative estimate of drug-likeness (QED) is 0.686. The summed E-state index contributed by atoms with van der Waals surface area (Å²) >= 11 is 1.17. The molecular formula is C6H8N2O2S. The van der Waals surface area contributed by atoms with Crippen molar-refractivity contribution in [1.82, 2.24) is 4.37 Å². The van der Waals surface area contributed by atoms with E-state index in [1.807, 2.05) is 0 Å². The molecule has 0 bridgehead atoms. The van der Waals surface area contributed by atoms with E-state index in [0.29, 0.717) is 4.88 Å². The Morgan fingerprint density at radius 3 is 3.00 bits per heavy atom. The molecule has 0 aliphatic heterocycles. The molecule has 0 saturated carbocycles. The third-order valence-corrected chi connectivity index (χ3v) is 2.19. The van der Waals surface area contributed by atoms with Crippen LogP contribution < -0.4 is 5.73 Å². The van der Waals surface area contributed by atoms with Crippen LogP contribution in [-0.2, 0) is 4.79 Å². The second kappa shape index (κ2) is 3.45. The predicted molar refractivity (Wildman–Crippen MR) is 41.5 cm³/mol. The molecule has 1 rings (SSSR count). The molecule has 0 aliphatic rings. The van der Waals surface area contributed by atoms with Gasteiger partial charge >= 0.3 is 5.97 Å². The molecule has 1 unspecified atom stereocenters. The van der Waals surface area contributed by atoms with Gasteiger partial charge in [0, 0.05) is 17.6 Å². The number of rotatable bonds is 3. The van der Waals surface area contributed by atoms with Crippen molar-refractivity contribution in [2.24, 2.45) is 5.73 Å². The average Bonchev–Trinajstić information content (AvgIpc) is 2.40. The number of hydrogen-bond acceptors (Lipinski definition) is 4. The summed E-state index contributed by atoms with van der Waals surface area (Å²) in [5.41, 5.74) is 5.26. The third kappa shape index (κ3) is 1.75. The smallest absolute Gasteiger partial charge is 0.313 e. The van der Waals surface area contributed by atoms with Gasteiger partial charge in [-0.05, 0) is 17.6 Å². The number of nitrogens with two attached hydrogens (primary N) is 1. The van der Waals surface area contributed by atoms with Crippen molar-refractivity contribution in [1.29, 1.82) is 0 Å². The number of carbonyl (C=O) groups is 1. The highest BCUT2D eigenvalue weighted by molar-refractivity contribution is 7.05. The maximum atomic E-state index is 10.5. The lowest BCUT2D eigenvalue weighted by molar-refractivity contribution is -0.138. The average molecular weight is 172 g/mol. The van der Waals surface area contributed by atoms with E-state index in [1.54, 1.807) is 12.3 Å². The monoisotopic (exact) mass is 172 g/mol. The normalized spacial score (nSPS) is 12.8. The van der Waals surface area contributed by atoms with Crippen molar-refractivity contribution in [3.8, 4) is 0 Å². The van der Waals surface area contributed by atoms with E-state index < -0.39 is 11.9 Å². The predicted octanol–water partition coefficient (Wildman–Crippen LogP) is 0.270. The molecule has 0 radical (unpaired) electrons. The number of aliphatic carboxylic acids is 1. The molecule has 0 spiro atoms. The summed E-state index contributed by atoms with van der Waals surface area (Å²) in [5.74, 6) is -1.49. The number of carboxylic acid groups (broad SMARTS) is 1. The van der Waals surface area contributed by atoms with Crippen molar-refractivity contribution < 1.29 is 9.90 Å².